The van der Waals surface area contributed by atoms with Gasteiger partial charge in [-0.25, -0.2) is 13.5 Å². The Morgan fingerprint density at radius 2 is 1.93 bits per heavy atom. The molecule has 0 spiro atoms. The molecule has 238 valence electrons. The van der Waals surface area contributed by atoms with Gasteiger partial charge in [0.05, 0.1) is 16.3 Å². The molecule has 0 saturated carbocycles. The first-order chi connectivity index (χ1) is 21.5. The lowest BCUT2D eigenvalue weighted by Gasteiger charge is -2.37. The molecule has 3 aromatic carbocycles. The number of nitrogens with two attached hydrogens (primary N) is 1. The van der Waals surface area contributed by atoms with E-state index in [4.69, 9.17) is 14.9 Å². The van der Waals surface area contributed by atoms with E-state index in [0.717, 1.165) is 46.5 Å². The molecule has 1 aliphatic rings. The highest BCUT2D eigenvalue weighted by Gasteiger charge is 2.36. The number of nitrogens with one attached hydrogen (secondary N) is 2. The third kappa shape index (κ3) is 6.77. The average molecular weight is 630 g/mol. The predicted molar refractivity (Wildman–Crippen MR) is 179 cm³/mol. The molecule has 2 heterocycles. The first kappa shape index (κ1) is 32.2. The Bertz CT molecular complexity index is 1690. The molecule has 0 radical (unpaired) electrons. The van der Waals surface area contributed by atoms with E-state index in [1.165, 1.54) is 12.7 Å². The fourth-order valence-electron chi connectivity index (χ4n) is 6.05. The molecule has 45 heavy (non-hydrogen) atoms. The SMILES string of the molecule is CCNc1ccc([C@H](c2ccc(C)c(CN3C[C@@H](CC)Oc4ccccc4S3=O)c2)C(C)(C)NC(=O)c2cocn2)c(C)c1N. The van der Waals surface area contributed by atoms with Gasteiger partial charge in [0, 0.05) is 31.1 Å². The van der Waals surface area contributed by atoms with Crippen molar-refractivity contribution in [1.82, 2.24) is 14.6 Å². The maximum Gasteiger partial charge on any atom is 0.273 e. The number of carbonyl (C=O) groups excluding carboxylic acids is 1. The van der Waals surface area contributed by atoms with Crippen molar-refractivity contribution in [3.8, 4) is 5.75 Å². The third-order valence-electron chi connectivity index (χ3n) is 8.54. The maximum atomic E-state index is 13.9. The Balaban J connectivity index is 1.57. The number of anilines is 2. The van der Waals surface area contributed by atoms with Crippen LogP contribution < -0.4 is 21.1 Å². The summed E-state index contributed by atoms with van der Waals surface area (Å²) < 4.78 is 27.2. The van der Waals surface area contributed by atoms with E-state index in [2.05, 4.69) is 53.7 Å². The number of hydrogen-bond acceptors (Lipinski definition) is 7. The number of nitrogens with zero attached hydrogens (tertiary/aromatic N) is 2. The molecule has 1 aromatic heterocycles. The van der Waals surface area contributed by atoms with Crippen molar-refractivity contribution in [2.75, 3.05) is 24.1 Å². The van der Waals surface area contributed by atoms with E-state index in [1.54, 1.807) is 0 Å². The van der Waals surface area contributed by atoms with Crippen LogP contribution in [0.15, 0.2) is 76.6 Å². The summed E-state index contributed by atoms with van der Waals surface area (Å²) >= 11 is 0. The van der Waals surface area contributed by atoms with Crippen LogP contribution in [0.25, 0.3) is 0 Å². The standard InChI is InChI=1S/C35H43N5O4S/c1-7-26-19-40(45(42)31-12-10-9-11-30(31)44-26)18-25-17-24(14-13-22(25)3)32(27-15-16-28(37-8-2)33(36)23(27)4)35(5,6)39-34(41)29-20-43-21-38-29/h9-17,20-21,26,32,37H,7-8,18-19,36H2,1-6H3,(H,39,41)/t26-,32+,45?/m1/s1. The lowest BCUT2D eigenvalue weighted by Crippen LogP contribution is -2.48. The van der Waals surface area contributed by atoms with Gasteiger partial charge in [-0.15, -0.1) is 0 Å². The quantitative estimate of drug-likeness (QED) is 0.175. The fraction of sp³-hybridized carbons (Fsp3) is 0.371. The van der Waals surface area contributed by atoms with Gasteiger partial charge >= 0.3 is 0 Å². The molecule has 1 unspecified atom stereocenters. The summed E-state index contributed by atoms with van der Waals surface area (Å²) in [5.74, 6) is 0.0624. The molecule has 1 aliphatic heterocycles. The summed E-state index contributed by atoms with van der Waals surface area (Å²) in [6.07, 6.45) is 3.30. The van der Waals surface area contributed by atoms with Crippen LogP contribution in [0.3, 0.4) is 0 Å². The highest BCUT2D eigenvalue weighted by molar-refractivity contribution is 7.82. The summed E-state index contributed by atoms with van der Waals surface area (Å²) in [7, 11) is -1.40. The average Bonchev–Trinajstić information content (AvgIpc) is 3.52. The van der Waals surface area contributed by atoms with E-state index >= 15 is 0 Å². The summed E-state index contributed by atoms with van der Waals surface area (Å²) in [5.41, 5.74) is 12.7. The van der Waals surface area contributed by atoms with Crippen molar-refractivity contribution >= 4 is 28.3 Å². The molecule has 1 amide bonds. The Labute approximate surface area is 268 Å². The van der Waals surface area contributed by atoms with Crippen LogP contribution in [0.5, 0.6) is 5.75 Å². The van der Waals surface area contributed by atoms with Gasteiger partial charge in [-0.1, -0.05) is 43.3 Å². The maximum absolute atomic E-state index is 13.9. The fourth-order valence-corrected chi connectivity index (χ4v) is 7.37. The van der Waals surface area contributed by atoms with Gasteiger partial charge in [0.1, 0.15) is 29.1 Å². The van der Waals surface area contributed by atoms with Crippen LogP contribution in [0.1, 0.15) is 78.3 Å². The zero-order chi connectivity index (χ0) is 32.3. The van der Waals surface area contributed by atoms with Gasteiger partial charge in [-0.05, 0) is 87.1 Å². The minimum Gasteiger partial charge on any atom is -0.488 e. The Morgan fingerprint density at radius 3 is 2.64 bits per heavy atom. The van der Waals surface area contributed by atoms with Gasteiger partial charge in [-0.2, -0.15) is 0 Å². The number of benzene rings is 3. The van der Waals surface area contributed by atoms with Crippen molar-refractivity contribution in [3.05, 3.63) is 101 Å². The molecule has 0 fully saturated rings. The predicted octanol–water partition coefficient (Wildman–Crippen LogP) is 6.34. The minimum absolute atomic E-state index is 0.0830. The summed E-state index contributed by atoms with van der Waals surface area (Å²) in [5, 5.41) is 6.54. The van der Waals surface area contributed by atoms with Crippen LogP contribution in [-0.4, -0.2) is 44.1 Å². The number of carbonyl (C=O) groups is 1. The third-order valence-corrected chi connectivity index (χ3v) is 10.00. The normalized spacial score (nSPS) is 17.6. The number of hydrogen-bond donors (Lipinski definition) is 3. The second-order valence-corrected chi connectivity index (χ2v) is 13.6. The van der Waals surface area contributed by atoms with Gasteiger partial charge < -0.3 is 25.5 Å². The first-order valence-electron chi connectivity index (χ1n) is 15.4. The number of oxazole rings is 1. The number of rotatable bonds is 10. The van der Waals surface area contributed by atoms with E-state index in [0.29, 0.717) is 29.4 Å². The van der Waals surface area contributed by atoms with E-state index < -0.39 is 16.5 Å². The number of aryl methyl sites for hydroxylation is 1. The number of amides is 1. The summed E-state index contributed by atoms with van der Waals surface area (Å²) in [6, 6.07) is 18.0. The Hall–Kier alpha value is -4.15. The van der Waals surface area contributed by atoms with E-state index in [1.807, 2.05) is 62.3 Å². The number of para-hydroxylation sites is 1. The molecule has 0 aliphatic carbocycles. The number of nitrogen functional groups attached to an aromatic ring is 1. The molecule has 0 bridgehead atoms. The second kappa shape index (κ2) is 13.5. The van der Waals surface area contributed by atoms with Crippen molar-refractivity contribution in [2.45, 2.75) is 77.0 Å². The lowest BCUT2D eigenvalue weighted by atomic mass is 9.74. The number of ether oxygens (including phenoxy) is 1. The smallest absolute Gasteiger partial charge is 0.273 e. The summed E-state index contributed by atoms with van der Waals surface area (Å²) in [4.78, 5) is 18.0. The van der Waals surface area contributed by atoms with Crippen LogP contribution in [-0.2, 0) is 17.5 Å². The van der Waals surface area contributed by atoms with Gasteiger partial charge in [-0.3, -0.25) is 4.79 Å². The highest BCUT2D eigenvalue weighted by Crippen LogP contribution is 2.41. The van der Waals surface area contributed by atoms with Crippen molar-refractivity contribution in [2.24, 2.45) is 0 Å². The Morgan fingerprint density at radius 1 is 1.16 bits per heavy atom. The molecule has 9 nitrogen and oxygen atoms in total. The summed E-state index contributed by atoms with van der Waals surface area (Å²) in [6.45, 7) is 14.0. The number of aromatic nitrogens is 1. The van der Waals surface area contributed by atoms with Gasteiger partial charge in [0.2, 0.25) is 0 Å². The van der Waals surface area contributed by atoms with E-state index in [-0.39, 0.29) is 23.6 Å². The van der Waals surface area contributed by atoms with Gasteiger partial charge in [0.15, 0.2) is 12.1 Å². The second-order valence-electron chi connectivity index (χ2n) is 12.1. The Kier molecular flexibility index (Phi) is 9.65. The van der Waals surface area contributed by atoms with Crippen LogP contribution >= 0.6 is 0 Å². The van der Waals surface area contributed by atoms with Crippen LogP contribution in [0.2, 0.25) is 0 Å². The van der Waals surface area contributed by atoms with E-state index in [9.17, 15) is 9.00 Å². The minimum atomic E-state index is -1.40. The van der Waals surface area contributed by atoms with Gasteiger partial charge in [0.25, 0.3) is 5.91 Å². The van der Waals surface area contributed by atoms with Crippen molar-refractivity contribution < 1.29 is 18.2 Å². The zero-order valence-corrected chi connectivity index (χ0v) is 27.7. The monoisotopic (exact) mass is 629 g/mol. The molecule has 3 atom stereocenters. The topological polar surface area (TPSA) is 123 Å². The zero-order valence-electron chi connectivity index (χ0n) is 26.8. The lowest BCUT2D eigenvalue weighted by molar-refractivity contribution is 0.0900. The largest absolute Gasteiger partial charge is 0.488 e. The highest BCUT2D eigenvalue weighted by atomic mass is 32.2. The molecular formula is C35H43N5O4S. The number of fused-ring (bicyclic) bond motifs is 1. The molecule has 10 heteroatoms. The molecule has 0 saturated heterocycles. The molecule has 4 aromatic rings. The van der Waals surface area contributed by atoms with Crippen LogP contribution in [0, 0.1) is 13.8 Å². The van der Waals surface area contributed by atoms with Crippen molar-refractivity contribution in [1.29, 1.82) is 0 Å². The molecular weight excluding hydrogens is 586 g/mol. The first-order valence-corrected chi connectivity index (χ1v) is 16.5. The molecule has 5 rings (SSSR count). The van der Waals surface area contributed by atoms with Crippen LogP contribution in [0.4, 0.5) is 11.4 Å². The molecule has 4 N–H and O–H groups in total. The van der Waals surface area contributed by atoms with Crippen molar-refractivity contribution in [3.63, 3.8) is 0 Å².